The number of nitrogens with one attached hydrogen (secondary N) is 1. The zero-order valence-corrected chi connectivity index (χ0v) is 21.1. The van der Waals surface area contributed by atoms with Crippen LogP contribution in [0.4, 0.5) is 0 Å². The van der Waals surface area contributed by atoms with Crippen LogP contribution in [0.2, 0.25) is 0 Å². The van der Waals surface area contributed by atoms with E-state index in [1.54, 1.807) is 0 Å². The van der Waals surface area contributed by atoms with Gasteiger partial charge in [0.25, 0.3) is 0 Å². The van der Waals surface area contributed by atoms with Crippen molar-refractivity contribution < 1.29 is 9.53 Å². The molecule has 0 atom stereocenters. The first-order chi connectivity index (χ1) is 18.2. The van der Waals surface area contributed by atoms with E-state index in [0.717, 1.165) is 52.3 Å². The fourth-order valence-corrected chi connectivity index (χ4v) is 4.50. The third kappa shape index (κ3) is 6.07. The van der Waals surface area contributed by atoms with Crippen molar-refractivity contribution in [2.75, 3.05) is 6.61 Å². The summed E-state index contributed by atoms with van der Waals surface area (Å²) in [5.74, 6) is 1.75. The number of rotatable bonds is 10. The number of hydrogen-bond acceptors (Lipinski definition) is 3. The van der Waals surface area contributed by atoms with E-state index in [-0.39, 0.29) is 5.91 Å². The number of aryl methyl sites for hydroxylation is 2. The van der Waals surface area contributed by atoms with Gasteiger partial charge in [0, 0.05) is 6.54 Å². The Morgan fingerprint density at radius 1 is 0.838 bits per heavy atom. The second-order valence-electron chi connectivity index (χ2n) is 9.15. The molecule has 37 heavy (non-hydrogen) atoms. The Kier molecular flexibility index (Phi) is 7.60. The highest BCUT2D eigenvalue weighted by Gasteiger charge is 2.12. The summed E-state index contributed by atoms with van der Waals surface area (Å²) in [7, 11) is 0. The van der Waals surface area contributed by atoms with Crippen molar-refractivity contribution in [3.63, 3.8) is 0 Å². The van der Waals surface area contributed by atoms with Gasteiger partial charge in [0.1, 0.15) is 11.6 Å². The van der Waals surface area contributed by atoms with Gasteiger partial charge in [-0.1, -0.05) is 84.9 Å². The number of para-hydroxylation sites is 3. The summed E-state index contributed by atoms with van der Waals surface area (Å²) in [6.07, 6.45) is 1.17. The molecule has 0 saturated heterocycles. The Bertz CT molecular complexity index is 1470. The minimum Gasteiger partial charge on any atom is -0.493 e. The predicted octanol–water partition coefficient (Wildman–Crippen LogP) is 6.34. The van der Waals surface area contributed by atoms with Crippen LogP contribution in [0.1, 0.15) is 23.4 Å². The highest BCUT2D eigenvalue weighted by Crippen LogP contribution is 2.20. The van der Waals surface area contributed by atoms with Crippen LogP contribution < -0.4 is 10.1 Å². The minimum atomic E-state index is -0.0195. The van der Waals surface area contributed by atoms with E-state index < -0.39 is 0 Å². The third-order valence-corrected chi connectivity index (χ3v) is 6.48. The molecule has 0 saturated carbocycles. The first-order valence-electron chi connectivity index (χ1n) is 12.7. The maximum absolute atomic E-state index is 12.7. The molecule has 0 aliphatic carbocycles. The van der Waals surface area contributed by atoms with E-state index in [1.165, 1.54) is 5.56 Å². The summed E-state index contributed by atoms with van der Waals surface area (Å²) in [6.45, 7) is 3.81. The van der Waals surface area contributed by atoms with Crippen LogP contribution in [0.15, 0.2) is 103 Å². The number of hydrogen-bond donors (Lipinski definition) is 1. The van der Waals surface area contributed by atoms with Crippen molar-refractivity contribution in [2.45, 2.75) is 32.9 Å². The van der Waals surface area contributed by atoms with Gasteiger partial charge in [-0.05, 0) is 53.8 Å². The average Bonchev–Trinajstić information content (AvgIpc) is 3.29. The number of amides is 1. The van der Waals surface area contributed by atoms with Crippen molar-refractivity contribution in [2.24, 2.45) is 0 Å². The van der Waals surface area contributed by atoms with E-state index >= 15 is 0 Å². The summed E-state index contributed by atoms with van der Waals surface area (Å²) in [4.78, 5) is 17.5. The predicted molar refractivity (Wildman–Crippen MR) is 148 cm³/mol. The molecular weight excluding hydrogens is 458 g/mol. The molecular formula is C32H31N3O2. The lowest BCUT2D eigenvalue weighted by Crippen LogP contribution is -2.26. The number of aromatic nitrogens is 2. The van der Waals surface area contributed by atoms with Gasteiger partial charge in [-0.2, -0.15) is 0 Å². The number of benzene rings is 4. The van der Waals surface area contributed by atoms with E-state index in [1.807, 2.05) is 66.7 Å². The molecule has 0 unspecified atom stereocenters. The Balaban J connectivity index is 1.19. The molecule has 0 aliphatic rings. The molecule has 5 aromatic rings. The minimum absolute atomic E-state index is 0.0195. The van der Waals surface area contributed by atoms with Gasteiger partial charge < -0.3 is 14.6 Å². The molecule has 1 aromatic heterocycles. The number of imidazole rings is 1. The van der Waals surface area contributed by atoms with E-state index in [4.69, 9.17) is 9.72 Å². The number of carbonyl (C=O) groups is 1. The molecule has 1 heterocycles. The summed E-state index contributed by atoms with van der Waals surface area (Å²) in [6, 6.07) is 34.6. The van der Waals surface area contributed by atoms with Crippen molar-refractivity contribution >= 4 is 16.9 Å². The molecule has 0 spiro atoms. The van der Waals surface area contributed by atoms with Gasteiger partial charge in [0.2, 0.25) is 5.91 Å². The van der Waals surface area contributed by atoms with Gasteiger partial charge in [0.05, 0.1) is 30.6 Å². The zero-order valence-electron chi connectivity index (χ0n) is 21.1. The zero-order chi connectivity index (χ0) is 25.5. The molecule has 5 heteroatoms. The van der Waals surface area contributed by atoms with E-state index in [0.29, 0.717) is 19.6 Å². The van der Waals surface area contributed by atoms with Gasteiger partial charge in [-0.25, -0.2) is 4.98 Å². The molecule has 1 amide bonds. The lowest BCUT2D eigenvalue weighted by molar-refractivity contribution is -0.120. The summed E-state index contributed by atoms with van der Waals surface area (Å²) < 4.78 is 8.17. The monoisotopic (exact) mass is 489 g/mol. The standard InChI is InChI=1S/C32H31N3O2/c1-24-10-5-8-15-30(24)37-21-9-20-35-29-14-7-6-13-28(29)34-31(35)23-33-32(36)22-25-16-18-27(19-17-25)26-11-3-2-4-12-26/h2-8,10-19H,9,20-23H2,1H3,(H,33,36). The Morgan fingerprint density at radius 2 is 1.54 bits per heavy atom. The van der Waals surface area contributed by atoms with Crippen LogP contribution in [-0.2, 0) is 24.3 Å². The highest BCUT2D eigenvalue weighted by atomic mass is 16.5. The Labute approximate surface area is 217 Å². The van der Waals surface area contributed by atoms with Crippen LogP contribution >= 0.6 is 0 Å². The van der Waals surface area contributed by atoms with Crippen molar-refractivity contribution in [1.82, 2.24) is 14.9 Å². The number of fused-ring (bicyclic) bond motifs is 1. The lowest BCUT2D eigenvalue weighted by atomic mass is 10.0. The number of ether oxygens (including phenoxy) is 1. The van der Waals surface area contributed by atoms with Gasteiger partial charge >= 0.3 is 0 Å². The first-order valence-corrected chi connectivity index (χ1v) is 12.7. The first kappa shape index (κ1) is 24.3. The lowest BCUT2D eigenvalue weighted by Gasteiger charge is -2.12. The fourth-order valence-electron chi connectivity index (χ4n) is 4.50. The second kappa shape index (κ2) is 11.6. The summed E-state index contributed by atoms with van der Waals surface area (Å²) in [5, 5.41) is 3.07. The van der Waals surface area contributed by atoms with Crippen LogP contribution in [-0.4, -0.2) is 22.1 Å². The molecule has 1 N–H and O–H groups in total. The average molecular weight is 490 g/mol. The van der Waals surface area contributed by atoms with Gasteiger partial charge in [-0.15, -0.1) is 0 Å². The van der Waals surface area contributed by atoms with Crippen molar-refractivity contribution in [3.8, 4) is 16.9 Å². The molecule has 5 rings (SSSR count). The molecule has 0 radical (unpaired) electrons. The molecule has 0 aliphatic heterocycles. The molecule has 0 bridgehead atoms. The smallest absolute Gasteiger partial charge is 0.224 e. The molecule has 4 aromatic carbocycles. The molecule has 5 nitrogen and oxygen atoms in total. The van der Waals surface area contributed by atoms with Crippen molar-refractivity contribution in [3.05, 3.63) is 120 Å². The SMILES string of the molecule is Cc1ccccc1OCCCn1c(CNC(=O)Cc2ccc(-c3ccccc3)cc2)nc2ccccc21. The second-order valence-corrected chi connectivity index (χ2v) is 9.15. The van der Waals surface area contributed by atoms with E-state index in [2.05, 4.69) is 53.2 Å². The van der Waals surface area contributed by atoms with Crippen LogP contribution in [0.3, 0.4) is 0 Å². The molecule has 0 fully saturated rings. The summed E-state index contributed by atoms with van der Waals surface area (Å²) in [5.41, 5.74) is 6.43. The maximum atomic E-state index is 12.7. The fraction of sp³-hybridized carbons (Fsp3) is 0.188. The summed E-state index contributed by atoms with van der Waals surface area (Å²) >= 11 is 0. The Hall–Kier alpha value is -4.38. The number of carbonyl (C=O) groups excluding carboxylic acids is 1. The van der Waals surface area contributed by atoms with Crippen LogP contribution in [0, 0.1) is 6.92 Å². The van der Waals surface area contributed by atoms with Crippen molar-refractivity contribution in [1.29, 1.82) is 0 Å². The normalized spacial score (nSPS) is 10.9. The maximum Gasteiger partial charge on any atom is 0.224 e. The van der Waals surface area contributed by atoms with Crippen LogP contribution in [0.25, 0.3) is 22.2 Å². The quantitative estimate of drug-likeness (QED) is 0.233. The Morgan fingerprint density at radius 3 is 2.35 bits per heavy atom. The topological polar surface area (TPSA) is 56.1 Å². The number of nitrogens with zero attached hydrogens (tertiary/aromatic N) is 2. The van der Waals surface area contributed by atoms with E-state index in [9.17, 15) is 4.79 Å². The van der Waals surface area contributed by atoms with Gasteiger partial charge in [-0.3, -0.25) is 4.79 Å². The van der Waals surface area contributed by atoms with Gasteiger partial charge in [0.15, 0.2) is 0 Å². The highest BCUT2D eigenvalue weighted by molar-refractivity contribution is 5.79. The third-order valence-electron chi connectivity index (χ3n) is 6.48. The van der Waals surface area contributed by atoms with Crippen LogP contribution in [0.5, 0.6) is 5.75 Å². The largest absolute Gasteiger partial charge is 0.493 e. The molecule has 186 valence electrons.